The maximum absolute atomic E-state index is 11.7. The molecule has 1 atom stereocenters. The fourth-order valence-electron chi connectivity index (χ4n) is 2.59. The highest BCUT2D eigenvalue weighted by molar-refractivity contribution is 5.90. The second kappa shape index (κ2) is 4.25. The van der Waals surface area contributed by atoms with E-state index in [0.717, 1.165) is 18.4 Å². The normalized spacial score (nSPS) is 22.9. The number of benzene rings is 1. The molecule has 0 bridgehead atoms. The molecule has 1 saturated carbocycles. The molecule has 2 fully saturated rings. The maximum atomic E-state index is 11.7. The van der Waals surface area contributed by atoms with Crippen LogP contribution >= 0.6 is 0 Å². The van der Waals surface area contributed by atoms with Crippen molar-refractivity contribution < 1.29 is 9.53 Å². The lowest BCUT2D eigenvalue weighted by molar-refractivity contribution is 0.150. The molecule has 5 nitrogen and oxygen atoms in total. The van der Waals surface area contributed by atoms with Gasteiger partial charge in [0.2, 0.25) is 0 Å². The summed E-state index contributed by atoms with van der Waals surface area (Å²) in [7, 11) is 0. The molecule has 3 rings (SSSR count). The van der Waals surface area contributed by atoms with Crippen LogP contribution < -0.4 is 4.90 Å². The van der Waals surface area contributed by atoms with Gasteiger partial charge in [-0.1, -0.05) is 6.07 Å². The van der Waals surface area contributed by atoms with E-state index in [1.165, 1.54) is 4.90 Å². The van der Waals surface area contributed by atoms with Gasteiger partial charge in [-0.2, -0.15) is 10.5 Å². The van der Waals surface area contributed by atoms with Crippen molar-refractivity contribution in [1.82, 2.24) is 0 Å². The first-order chi connectivity index (χ1) is 9.59. The van der Waals surface area contributed by atoms with Gasteiger partial charge in [-0.3, -0.25) is 4.90 Å². The van der Waals surface area contributed by atoms with Gasteiger partial charge < -0.3 is 4.74 Å². The maximum Gasteiger partial charge on any atom is 0.414 e. The third kappa shape index (κ3) is 1.80. The molecule has 0 aromatic heterocycles. The highest BCUT2D eigenvalue weighted by atomic mass is 16.6. The molecule has 1 unspecified atom stereocenters. The molecule has 5 heteroatoms. The first kappa shape index (κ1) is 12.5. The number of anilines is 1. The van der Waals surface area contributed by atoms with Crippen LogP contribution in [-0.2, 0) is 10.2 Å². The van der Waals surface area contributed by atoms with Crippen molar-refractivity contribution in [2.24, 2.45) is 0 Å². The van der Waals surface area contributed by atoms with Gasteiger partial charge in [0.1, 0.15) is 6.10 Å². The van der Waals surface area contributed by atoms with Gasteiger partial charge in [0, 0.05) is 5.69 Å². The predicted molar refractivity (Wildman–Crippen MR) is 71.0 cm³/mol. The van der Waals surface area contributed by atoms with E-state index in [1.807, 2.05) is 6.92 Å². The fourth-order valence-corrected chi connectivity index (χ4v) is 2.59. The summed E-state index contributed by atoms with van der Waals surface area (Å²) in [6.45, 7) is 2.30. The lowest BCUT2D eigenvalue weighted by atomic mass is 9.92. The van der Waals surface area contributed by atoms with E-state index < -0.39 is 11.5 Å². The van der Waals surface area contributed by atoms with Crippen LogP contribution in [0.2, 0.25) is 0 Å². The van der Waals surface area contributed by atoms with Gasteiger partial charge in [0.05, 0.1) is 29.7 Å². The molecular formula is C15H13N3O2. The number of carbonyl (C=O) groups is 1. The Morgan fingerprint density at radius 3 is 2.65 bits per heavy atom. The Morgan fingerprint density at radius 1 is 1.40 bits per heavy atom. The Morgan fingerprint density at radius 2 is 2.15 bits per heavy atom. The van der Waals surface area contributed by atoms with E-state index >= 15 is 0 Å². The third-order valence-electron chi connectivity index (χ3n) is 3.88. The monoisotopic (exact) mass is 267 g/mol. The van der Waals surface area contributed by atoms with Crippen molar-refractivity contribution in [2.45, 2.75) is 31.3 Å². The van der Waals surface area contributed by atoms with Crippen LogP contribution in [0.25, 0.3) is 0 Å². The largest absolute Gasteiger partial charge is 0.444 e. The molecule has 100 valence electrons. The summed E-state index contributed by atoms with van der Waals surface area (Å²) in [6.07, 6.45) is 1.04. The molecule has 1 heterocycles. The Bertz CT molecular complexity index is 665. The summed E-state index contributed by atoms with van der Waals surface area (Å²) >= 11 is 0. The fraction of sp³-hybridized carbons (Fsp3) is 0.400. The van der Waals surface area contributed by atoms with Crippen LogP contribution in [0.5, 0.6) is 0 Å². The Kier molecular flexibility index (Phi) is 2.65. The quantitative estimate of drug-likeness (QED) is 0.824. The standard InChI is InChI=1S/C15H13N3O2/c1-10-8-18(14(19)20-10)12-2-3-13(11(6-12)7-16)15(9-17)4-5-15/h2-3,6,10H,4-5,8H2,1H3. The summed E-state index contributed by atoms with van der Waals surface area (Å²) in [5, 5.41) is 18.5. The van der Waals surface area contributed by atoms with Gasteiger partial charge in [-0.25, -0.2) is 4.79 Å². The SMILES string of the molecule is CC1CN(c2ccc(C3(C#N)CC3)c(C#N)c2)C(=O)O1. The molecule has 1 aromatic rings. The number of carbonyl (C=O) groups excluding carboxylic acids is 1. The van der Waals surface area contributed by atoms with Gasteiger partial charge in [-0.05, 0) is 37.5 Å². The number of hydrogen-bond acceptors (Lipinski definition) is 4. The van der Waals surface area contributed by atoms with E-state index in [2.05, 4.69) is 12.1 Å². The van der Waals surface area contributed by atoms with Crippen LogP contribution in [-0.4, -0.2) is 18.7 Å². The van der Waals surface area contributed by atoms with Crippen molar-refractivity contribution in [1.29, 1.82) is 10.5 Å². The van der Waals surface area contributed by atoms with Crippen molar-refractivity contribution >= 4 is 11.8 Å². The van der Waals surface area contributed by atoms with E-state index in [9.17, 15) is 15.3 Å². The average Bonchev–Trinajstić information content (AvgIpc) is 3.18. The van der Waals surface area contributed by atoms with Crippen LogP contribution in [0, 0.1) is 22.7 Å². The molecule has 1 saturated heterocycles. The minimum absolute atomic E-state index is 0.151. The highest BCUT2D eigenvalue weighted by Gasteiger charge is 2.46. The van der Waals surface area contributed by atoms with E-state index in [1.54, 1.807) is 18.2 Å². The minimum Gasteiger partial charge on any atom is -0.444 e. The molecule has 1 amide bonds. The van der Waals surface area contributed by atoms with Gasteiger partial charge >= 0.3 is 6.09 Å². The smallest absolute Gasteiger partial charge is 0.414 e. The van der Waals surface area contributed by atoms with E-state index in [-0.39, 0.29) is 6.10 Å². The summed E-state index contributed by atoms with van der Waals surface area (Å²) < 4.78 is 5.08. The predicted octanol–water partition coefficient (Wildman–Crippen LogP) is 2.46. The first-order valence-corrected chi connectivity index (χ1v) is 6.54. The zero-order valence-electron chi connectivity index (χ0n) is 11.1. The molecule has 2 aliphatic rings. The van der Waals surface area contributed by atoms with Crippen molar-refractivity contribution in [3.63, 3.8) is 0 Å². The Balaban J connectivity index is 1.99. The highest BCUT2D eigenvalue weighted by Crippen LogP contribution is 2.49. The number of nitrogens with zero attached hydrogens (tertiary/aromatic N) is 3. The molecule has 1 aliphatic carbocycles. The second-order valence-electron chi connectivity index (χ2n) is 5.34. The summed E-state index contributed by atoms with van der Waals surface area (Å²) in [6, 6.07) is 9.68. The number of cyclic esters (lactones) is 1. The van der Waals surface area contributed by atoms with Gasteiger partial charge in [0.15, 0.2) is 0 Å². The zero-order valence-corrected chi connectivity index (χ0v) is 11.1. The minimum atomic E-state index is -0.498. The van der Waals surface area contributed by atoms with Crippen molar-refractivity contribution in [2.75, 3.05) is 11.4 Å². The molecule has 1 aliphatic heterocycles. The Labute approximate surface area is 117 Å². The summed E-state index contributed by atoms with van der Waals surface area (Å²) in [5.41, 5.74) is 1.39. The first-order valence-electron chi connectivity index (χ1n) is 6.54. The number of nitriles is 2. The molecule has 0 spiro atoms. The molecular weight excluding hydrogens is 254 g/mol. The molecule has 0 N–H and O–H groups in total. The van der Waals surface area contributed by atoms with Crippen LogP contribution in [0.15, 0.2) is 18.2 Å². The van der Waals surface area contributed by atoms with Crippen LogP contribution in [0.3, 0.4) is 0 Å². The summed E-state index contributed by atoms with van der Waals surface area (Å²) in [4.78, 5) is 13.2. The lowest BCUT2D eigenvalue weighted by Crippen LogP contribution is -2.24. The molecule has 1 aromatic carbocycles. The number of amides is 1. The lowest BCUT2D eigenvalue weighted by Gasteiger charge is -2.16. The van der Waals surface area contributed by atoms with Crippen LogP contribution in [0.4, 0.5) is 10.5 Å². The zero-order chi connectivity index (χ0) is 14.3. The van der Waals surface area contributed by atoms with Crippen molar-refractivity contribution in [3.05, 3.63) is 29.3 Å². The van der Waals surface area contributed by atoms with Gasteiger partial charge in [-0.15, -0.1) is 0 Å². The Hall–Kier alpha value is -2.53. The van der Waals surface area contributed by atoms with E-state index in [4.69, 9.17) is 4.74 Å². The molecule has 0 radical (unpaired) electrons. The van der Waals surface area contributed by atoms with Crippen molar-refractivity contribution in [3.8, 4) is 12.1 Å². The average molecular weight is 267 g/mol. The number of hydrogen-bond donors (Lipinski definition) is 0. The summed E-state index contributed by atoms with van der Waals surface area (Å²) in [5.74, 6) is 0. The number of ether oxygens (including phenoxy) is 1. The third-order valence-corrected chi connectivity index (χ3v) is 3.88. The van der Waals surface area contributed by atoms with Crippen LogP contribution in [0.1, 0.15) is 30.9 Å². The topological polar surface area (TPSA) is 77.1 Å². The second-order valence-corrected chi connectivity index (χ2v) is 5.34. The van der Waals surface area contributed by atoms with E-state index in [0.29, 0.717) is 17.8 Å². The molecule has 20 heavy (non-hydrogen) atoms. The van der Waals surface area contributed by atoms with Gasteiger partial charge in [0.25, 0.3) is 0 Å². The number of rotatable bonds is 2.